The standard InChI is InChI=1S/C12H12N2O4/c15-7-10(16)4-9-6-13-5-8-2-1-3-11(12(8)9)14(17)18/h1-3,5-6,10,15-16H,4,7H2. The molecule has 1 aromatic carbocycles. The Labute approximate surface area is 103 Å². The third kappa shape index (κ3) is 2.29. The second-order valence-electron chi connectivity index (χ2n) is 3.97. The minimum atomic E-state index is -0.947. The Morgan fingerprint density at radius 2 is 2.17 bits per heavy atom. The second kappa shape index (κ2) is 5.07. The number of non-ortho nitro benzene ring substituents is 1. The Morgan fingerprint density at radius 1 is 1.39 bits per heavy atom. The van der Waals surface area contributed by atoms with Crippen LogP contribution in [-0.2, 0) is 6.42 Å². The van der Waals surface area contributed by atoms with E-state index < -0.39 is 17.6 Å². The van der Waals surface area contributed by atoms with E-state index in [1.807, 2.05) is 0 Å². The highest BCUT2D eigenvalue weighted by Crippen LogP contribution is 2.28. The fourth-order valence-corrected chi connectivity index (χ4v) is 1.91. The van der Waals surface area contributed by atoms with Gasteiger partial charge in [0.2, 0.25) is 0 Å². The number of aliphatic hydroxyl groups excluding tert-OH is 2. The lowest BCUT2D eigenvalue weighted by Gasteiger charge is -2.09. The molecule has 2 N–H and O–H groups in total. The summed E-state index contributed by atoms with van der Waals surface area (Å²) in [5.74, 6) is 0. The number of nitro groups is 1. The summed E-state index contributed by atoms with van der Waals surface area (Å²) in [6.07, 6.45) is 2.20. The molecule has 94 valence electrons. The molecule has 0 amide bonds. The molecule has 0 saturated carbocycles. The molecule has 2 aromatic rings. The van der Waals surface area contributed by atoms with Gasteiger partial charge in [-0.2, -0.15) is 0 Å². The first-order valence-corrected chi connectivity index (χ1v) is 5.42. The fraction of sp³-hybridized carbons (Fsp3) is 0.250. The van der Waals surface area contributed by atoms with E-state index in [0.717, 1.165) is 0 Å². The molecule has 0 aliphatic rings. The van der Waals surface area contributed by atoms with Crippen molar-refractivity contribution in [2.24, 2.45) is 0 Å². The van der Waals surface area contributed by atoms with E-state index in [1.54, 1.807) is 12.1 Å². The molecular formula is C12H12N2O4. The molecule has 6 nitrogen and oxygen atoms in total. The van der Waals surface area contributed by atoms with Gasteiger partial charge in [0.15, 0.2) is 0 Å². The van der Waals surface area contributed by atoms with Gasteiger partial charge in [-0.3, -0.25) is 15.1 Å². The van der Waals surface area contributed by atoms with Crippen LogP contribution in [0.2, 0.25) is 0 Å². The van der Waals surface area contributed by atoms with Crippen LogP contribution in [0.15, 0.2) is 30.6 Å². The zero-order valence-corrected chi connectivity index (χ0v) is 9.48. The number of aromatic nitrogens is 1. The van der Waals surface area contributed by atoms with Crippen LogP contribution in [0.1, 0.15) is 5.56 Å². The van der Waals surface area contributed by atoms with Crippen molar-refractivity contribution >= 4 is 16.5 Å². The lowest BCUT2D eigenvalue weighted by Crippen LogP contribution is -2.15. The van der Waals surface area contributed by atoms with Gasteiger partial charge >= 0.3 is 0 Å². The van der Waals surface area contributed by atoms with Crippen LogP contribution in [0.3, 0.4) is 0 Å². The first-order valence-electron chi connectivity index (χ1n) is 5.42. The van der Waals surface area contributed by atoms with E-state index in [2.05, 4.69) is 4.98 Å². The summed E-state index contributed by atoms with van der Waals surface area (Å²) in [7, 11) is 0. The molecule has 18 heavy (non-hydrogen) atoms. The summed E-state index contributed by atoms with van der Waals surface area (Å²) in [5.41, 5.74) is 0.538. The molecule has 0 saturated heterocycles. The number of hydrogen-bond donors (Lipinski definition) is 2. The average Bonchev–Trinajstić information content (AvgIpc) is 2.38. The second-order valence-corrected chi connectivity index (χ2v) is 3.97. The van der Waals surface area contributed by atoms with Crippen molar-refractivity contribution < 1.29 is 15.1 Å². The van der Waals surface area contributed by atoms with Crippen molar-refractivity contribution in [2.75, 3.05) is 6.61 Å². The fourth-order valence-electron chi connectivity index (χ4n) is 1.91. The lowest BCUT2D eigenvalue weighted by molar-refractivity contribution is -0.383. The highest BCUT2D eigenvalue weighted by Gasteiger charge is 2.16. The minimum absolute atomic E-state index is 0.0185. The summed E-state index contributed by atoms with van der Waals surface area (Å²) in [6, 6.07) is 4.73. The van der Waals surface area contributed by atoms with E-state index in [9.17, 15) is 15.2 Å². The Hall–Kier alpha value is -2.05. The van der Waals surface area contributed by atoms with Crippen molar-refractivity contribution in [1.82, 2.24) is 4.98 Å². The lowest BCUT2D eigenvalue weighted by atomic mass is 10.0. The summed E-state index contributed by atoms with van der Waals surface area (Å²) >= 11 is 0. The smallest absolute Gasteiger partial charge is 0.277 e. The molecule has 1 unspecified atom stereocenters. The van der Waals surface area contributed by atoms with Crippen LogP contribution in [0.4, 0.5) is 5.69 Å². The van der Waals surface area contributed by atoms with E-state index >= 15 is 0 Å². The van der Waals surface area contributed by atoms with Gasteiger partial charge in [-0.15, -0.1) is 0 Å². The van der Waals surface area contributed by atoms with Gasteiger partial charge in [0.25, 0.3) is 5.69 Å². The maximum Gasteiger partial charge on any atom is 0.277 e. The van der Waals surface area contributed by atoms with Crippen LogP contribution < -0.4 is 0 Å². The summed E-state index contributed by atoms with van der Waals surface area (Å²) in [4.78, 5) is 14.5. The number of rotatable bonds is 4. The average molecular weight is 248 g/mol. The Kier molecular flexibility index (Phi) is 3.50. The number of benzene rings is 1. The summed E-state index contributed by atoms with van der Waals surface area (Å²) < 4.78 is 0. The number of aliphatic hydroxyl groups is 2. The largest absolute Gasteiger partial charge is 0.394 e. The zero-order valence-electron chi connectivity index (χ0n) is 9.48. The van der Waals surface area contributed by atoms with Gasteiger partial charge in [0.1, 0.15) is 0 Å². The predicted octanol–water partition coefficient (Wildman–Crippen LogP) is 1.04. The Balaban J connectivity index is 2.62. The van der Waals surface area contributed by atoms with Gasteiger partial charge < -0.3 is 10.2 Å². The zero-order chi connectivity index (χ0) is 13.1. The number of nitro benzene ring substituents is 1. The van der Waals surface area contributed by atoms with Crippen LogP contribution in [0.5, 0.6) is 0 Å². The third-order valence-corrected chi connectivity index (χ3v) is 2.70. The van der Waals surface area contributed by atoms with Crippen molar-refractivity contribution in [3.63, 3.8) is 0 Å². The predicted molar refractivity (Wildman–Crippen MR) is 65.2 cm³/mol. The van der Waals surface area contributed by atoms with Crippen molar-refractivity contribution in [2.45, 2.75) is 12.5 Å². The molecule has 0 bridgehead atoms. The summed E-state index contributed by atoms with van der Waals surface area (Å²) in [6.45, 7) is -0.392. The van der Waals surface area contributed by atoms with E-state index in [1.165, 1.54) is 18.5 Å². The molecular weight excluding hydrogens is 236 g/mol. The topological polar surface area (TPSA) is 96.5 Å². The highest BCUT2D eigenvalue weighted by atomic mass is 16.6. The van der Waals surface area contributed by atoms with E-state index in [0.29, 0.717) is 16.3 Å². The molecule has 0 aliphatic heterocycles. The molecule has 2 rings (SSSR count). The van der Waals surface area contributed by atoms with Gasteiger partial charge in [-0.1, -0.05) is 12.1 Å². The molecule has 0 fully saturated rings. The molecule has 0 aliphatic carbocycles. The molecule has 1 aromatic heterocycles. The number of nitrogens with zero attached hydrogens (tertiary/aromatic N) is 2. The van der Waals surface area contributed by atoms with Crippen LogP contribution >= 0.6 is 0 Å². The van der Waals surface area contributed by atoms with E-state index in [4.69, 9.17) is 5.11 Å². The van der Waals surface area contributed by atoms with Crippen LogP contribution in [0, 0.1) is 10.1 Å². The van der Waals surface area contributed by atoms with Gasteiger partial charge in [0, 0.05) is 30.3 Å². The maximum absolute atomic E-state index is 11.0. The van der Waals surface area contributed by atoms with Crippen molar-refractivity contribution in [1.29, 1.82) is 0 Å². The first-order chi connectivity index (χ1) is 8.63. The van der Waals surface area contributed by atoms with Crippen molar-refractivity contribution in [3.05, 3.63) is 46.3 Å². The molecule has 0 radical (unpaired) electrons. The molecule has 0 spiro atoms. The normalized spacial score (nSPS) is 12.6. The molecule has 6 heteroatoms. The van der Waals surface area contributed by atoms with Gasteiger partial charge in [-0.05, 0) is 5.56 Å². The van der Waals surface area contributed by atoms with Crippen LogP contribution in [-0.4, -0.2) is 32.8 Å². The van der Waals surface area contributed by atoms with E-state index in [-0.39, 0.29) is 12.1 Å². The number of hydrogen-bond acceptors (Lipinski definition) is 5. The SMILES string of the molecule is O=[N+]([O-])c1cccc2cncc(CC(O)CO)c12. The monoisotopic (exact) mass is 248 g/mol. The van der Waals surface area contributed by atoms with Gasteiger partial charge in [0.05, 0.1) is 23.0 Å². The number of pyridine rings is 1. The minimum Gasteiger partial charge on any atom is -0.394 e. The Bertz CT molecular complexity index is 580. The van der Waals surface area contributed by atoms with Crippen molar-refractivity contribution in [3.8, 4) is 0 Å². The molecule has 1 atom stereocenters. The number of fused-ring (bicyclic) bond motifs is 1. The van der Waals surface area contributed by atoms with Crippen LogP contribution in [0.25, 0.3) is 10.8 Å². The first kappa shape index (κ1) is 12.4. The highest BCUT2D eigenvalue weighted by molar-refractivity contribution is 5.92. The van der Waals surface area contributed by atoms with Gasteiger partial charge in [-0.25, -0.2) is 0 Å². The maximum atomic E-state index is 11.0. The Morgan fingerprint density at radius 3 is 2.83 bits per heavy atom. The third-order valence-electron chi connectivity index (χ3n) is 2.70. The summed E-state index contributed by atoms with van der Waals surface area (Å²) in [5, 5.41) is 30.4. The molecule has 1 heterocycles. The quantitative estimate of drug-likeness (QED) is 0.622.